The molecule has 0 spiro atoms. The van der Waals surface area contributed by atoms with Crippen LogP contribution in [0.1, 0.15) is 35.4 Å². The molecule has 2 N–H and O–H groups in total. The molecule has 1 aromatic carbocycles. The van der Waals surface area contributed by atoms with Gasteiger partial charge >= 0.3 is 0 Å². The number of amides is 2. The van der Waals surface area contributed by atoms with Gasteiger partial charge < -0.3 is 5.32 Å². The van der Waals surface area contributed by atoms with E-state index in [1.807, 2.05) is 6.07 Å². The molecule has 2 heterocycles. The fourth-order valence-corrected chi connectivity index (χ4v) is 2.73. The summed E-state index contributed by atoms with van der Waals surface area (Å²) < 4.78 is 0. The van der Waals surface area contributed by atoms with E-state index in [0.29, 0.717) is 12.8 Å². The maximum atomic E-state index is 11.8. The first-order valence-electron chi connectivity index (χ1n) is 6.40. The number of hydrogen-bond donors (Lipinski definition) is 2. The lowest BCUT2D eigenvalue weighted by molar-refractivity contribution is -0.134. The largest absolute Gasteiger partial charge is 0.312 e. The van der Waals surface area contributed by atoms with Gasteiger partial charge in [-0.2, -0.15) is 0 Å². The van der Waals surface area contributed by atoms with Crippen molar-refractivity contribution in [2.45, 2.75) is 31.7 Å². The summed E-state index contributed by atoms with van der Waals surface area (Å²) in [6.07, 6.45) is 2.08. The molecule has 5 heteroatoms. The molecule has 1 saturated heterocycles. The van der Waals surface area contributed by atoms with Crippen LogP contribution in [0.3, 0.4) is 0 Å². The van der Waals surface area contributed by atoms with Crippen molar-refractivity contribution in [3.05, 3.63) is 34.9 Å². The lowest BCUT2D eigenvalue weighted by atomic mass is 9.87. The first kappa shape index (κ1) is 14.0. The second kappa shape index (κ2) is 5.72. The zero-order valence-corrected chi connectivity index (χ0v) is 11.4. The molecule has 1 aromatic rings. The number of hydrogen-bond acceptors (Lipinski definition) is 3. The van der Waals surface area contributed by atoms with Crippen LogP contribution in [0.2, 0.25) is 0 Å². The monoisotopic (exact) mass is 280 g/mol. The van der Waals surface area contributed by atoms with Crippen LogP contribution >= 0.6 is 12.4 Å². The van der Waals surface area contributed by atoms with Crippen molar-refractivity contribution in [1.82, 2.24) is 10.6 Å². The van der Waals surface area contributed by atoms with Crippen LogP contribution < -0.4 is 10.6 Å². The number of carbonyl (C=O) groups is 2. The minimum absolute atomic E-state index is 0. The summed E-state index contributed by atoms with van der Waals surface area (Å²) in [6.45, 7) is 1.90. The van der Waals surface area contributed by atoms with Crippen LogP contribution in [-0.4, -0.2) is 18.4 Å². The molecule has 0 unspecified atom stereocenters. The Balaban J connectivity index is 0.00000133. The fourth-order valence-electron chi connectivity index (χ4n) is 2.73. The highest BCUT2D eigenvalue weighted by Crippen LogP contribution is 2.27. The molecule has 0 radical (unpaired) electrons. The summed E-state index contributed by atoms with van der Waals surface area (Å²) in [7, 11) is 0. The van der Waals surface area contributed by atoms with E-state index in [-0.39, 0.29) is 30.1 Å². The second-order valence-electron chi connectivity index (χ2n) is 4.96. The van der Waals surface area contributed by atoms with E-state index >= 15 is 0 Å². The Morgan fingerprint density at radius 1 is 1.11 bits per heavy atom. The van der Waals surface area contributed by atoms with E-state index in [0.717, 1.165) is 25.1 Å². The third kappa shape index (κ3) is 2.80. The lowest BCUT2D eigenvalue weighted by Crippen LogP contribution is -2.39. The molecular formula is C14H17ClN2O2. The van der Waals surface area contributed by atoms with Gasteiger partial charge in [-0.15, -0.1) is 12.4 Å². The first-order valence-corrected chi connectivity index (χ1v) is 6.40. The van der Waals surface area contributed by atoms with Crippen molar-refractivity contribution in [2.24, 2.45) is 0 Å². The maximum Gasteiger partial charge on any atom is 0.234 e. The highest BCUT2D eigenvalue weighted by molar-refractivity contribution is 6.00. The van der Waals surface area contributed by atoms with Gasteiger partial charge in [-0.05, 0) is 36.1 Å². The van der Waals surface area contributed by atoms with Crippen LogP contribution in [-0.2, 0) is 22.6 Å². The quantitative estimate of drug-likeness (QED) is 0.762. The average Bonchev–Trinajstić information content (AvgIpc) is 2.38. The van der Waals surface area contributed by atoms with Crippen LogP contribution in [0.15, 0.2) is 18.2 Å². The summed E-state index contributed by atoms with van der Waals surface area (Å²) in [4.78, 5) is 23.0. The molecule has 0 aromatic heterocycles. The summed E-state index contributed by atoms with van der Waals surface area (Å²) in [5.74, 6) is -0.471. The van der Waals surface area contributed by atoms with Crippen LogP contribution in [0.4, 0.5) is 0 Å². The number of imide groups is 1. The number of rotatable bonds is 1. The van der Waals surface area contributed by atoms with Crippen molar-refractivity contribution in [3.63, 3.8) is 0 Å². The average molecular weight is 281 g/mol. The van der Waals surface area contributed by atoms with E-state index in [2.05, 4.69) is 22.8 Å². The summed E-state index contributed by atoms with van der Waals surface area (Å²) in [5, 5.41) is 5.75. The fraction of sp³-hybridized carbons (Fsp3) is 0.429. The molecule has 0 aliphatic carbocycles. The van der Waals surface area contributed by atoms with E-state index in [9.17, 15) is 9.59 Å². The summed E-state index contributed by atoms with van der Waals surface area (Å²) in [6, 6.07) is 6.25. The van der Waals surface area contributed by atoms with Crippen molar-refractivity contribution in [1.29, 1.82) is 0 Å². The Kier molecular flexibility index (Phi) is 4.22. The third-order valence-corrected chi connectivity index (χ3v) is 3.76. The lowest BCUT2D eigenvalue weighted by Gasteiger charge is -2.23. The number of carbonyl (C=O) groups excluding carboxylic acids is 2. The Morgan fingerprint density at radius 2 is 1.95 bits per heavy atom. The SMILES string of the molecule is Cl.O=C1CC[C@H](c2ccc3c(c2)CCNC3)C(=O)N1. The second-order valence-corrected chi connectivity index (χ2v) is 4.96. The van der Waals surface area contributed by atoms with Gasteiger partial charge in [0.1, 0.15) is 0 Å². The molecular weight excluding hydrogens is 264 g/mol. The highest BCUT2D eigenvalue weighted by Gasteiger charge is 2.28. The maximum absolute atomic E-state index is 11.8. The van der Waals surface area contributed by atoms with Crippen LogP contribution in [0, 0.1) is 0 Å². The number of nitrogens with one attached hydrogen (secondary N) is 2. The minimum atomic E-state index is -0.164. The number of benzene rings is 1. The number of fused-ring (bicyclic) bond motifs is 1. The molecule has 0 saturated carbocycles. The van der Waals surface area contributed by atoms with Gasteiger partial charge in [0, 0.05) is 13.0 Å². The Hall–Kier alpha value is -1.39. The van der Waals surface area contributed by atoms with Crippen LogP contribution in [0.5, 0.6) is 0 Å². The van der Waals surface area contributed by atoms with Crippen molar-refractivity contribution in [2.75, 3.05) is 6.54 Å². The molecule has 0 bridgehead atoms. The molecule has 102 valence electrons. The predicted molar refractivity (Wildman–Crippen MR) is 74.2 cm³/mol. The van der Waals surface area contributed by atoms with Gasteiger partial charge in [-0.25, -0.2) is 0 Å². The third-order valence-electron chi connectivity index (χ3n) is 3.76. The van der Waals surface area contributed by atoms with E-state index in [1.165, 1.54) is 11.1 Å². The molecule has 2 amide bonds. The molecule has 3 rings (SSSR count). The van der Waals surface area contributed by atoms with Gasteiger partial charge in [0.2, 0.25) is 11.8 Å². The molecule has 2 aliphatic heterocycles. The molecule has 4 nitrogen and oxygen atoms in total. The summed E-state index contributed by atoms with van der Waals surface area (Å²) in [5.41, 5.74) is 3.69. The minimum Gasteiger partial charge on any atom is -0.312 e. The van der Waals surface area contributed by atoms with Gasteiger partial charge in [0.05, 0.1) is 5.92 Å². The van der Waals surface area contributed by atoms with E-state index in [4.69, 9.17) is 0 Å². The Bertz CT molecular complexity index is 516. The van der Waals surface area contributed by atoms with E-state index < -0.39 is 0 Å². The number of piperidine rings is 1. The zero-order valence-electron chi connectivity index (χ0n) is 10.6. The normalized spacial score (nSPS) is 22.2. The Morgan fingerprint density at radius 3 is 2.74 bits per heavy atom. The van der Waals surface area contributed by atoms with Crippen molar-refractivity contribution >= 4 is 24.2 Å². The topological polar surface area (TPSA) is 58.2 Å². The van der Waals surface area contributed by atoms with Gasteiger partial charge in [-0.1, -0.05) is 18.2 Å². The smallest absolute Gasteiger partial charge is 0.234 e. The number of halogens is 1. The molecule has 1 atom stereocenters. The highest BCUT2D eigenvalue weighted by atomic mass is 35.5. The Labute approximate surface area is 118 Å². The molecule has 1 fully saturated rings. The van der Waals surface area contributed by atoms with E-state index in [1.54, 1.807) is 0 Å². The van der Waals surface area contributed by atoms with Gasteiger partial charge in [-0.3, -0.25) is 14.9 Å². The standard InChI is InChI=1S/C14H16N2O2.ClH/c17-13-4-3-12(14(18)16-13)10-1-2-11-8-15-6-5-9(11)7-10;/h1-2,7,12,15H,3-6,8H2,(H,16,17,18);1H/t12-;/m1./s1. The molecule has 19 heavy (non-hydrogen) atoms. The van der Waals surface area contributed by atoms with Crippen LogP contribution in [0.25, 0.3) is 0 Å². The molecule has 2 aliphatic rings. The van der Waals surface area contributed by atoms with Crippen molar-refractivity contribution in [3.8, 4) is 0 Å². The summed E-state index contributed by atoms with van der Waals surface area (Å²) >= 11 is 0. The zero-order chi connectivity index (χ0) is 12.5. The first-order chi connectivity index (χ1) is 8.74. The van der Waals surface area contributed by atoms with Crippen molar-refractivity contribution < 1.29 is 9.59 Å². The van der Waals surface area contributed by atoms with Gasteiger partial charge in [0.25, 0.3) is 0 Å². The van der Waals surface area contributed by atoms with Gasteiger partial charge in [0.15, 0.2) is 0 Å². The predicted octanol–water partition coefficient (Wildman–Crippen LogP) is 1.27.